The summed E-state index contributed by atoms with van der Waals surface area (Å²) in [7, 11) is 0. The van der Waals surface area contributed by atoms with Crippen molar-refractivity contribution in [3.8, 4) is 11.6 Å². The van der Waals surface area contributed by atoms with E-state index in [1.165, 1.54) is 11.8 Å². The van der Waals surface area contributed by atoms with E-state index in [4.69, 9.17) is 9.15 Å². The third-order valence-corrected chi connectivity index (χ3v) is 6.19. The quantitative estimate of drug-likeness (QED) is 0.431. The molecule has 0 saturated carbocycles. The SMILES string of the molecule is O=C(CSc1nnc(-c2cc3ccccc3o2)n1Cc1ccccc1)N1CCOCC1. The molecule has 158 valence electrons. The van der Waals surface area contributed by atoms with E-state index in [1.54, 1.807) is 0 Å². The minimum Gasteiger partial charge on any atom is -0.453 e. The van der Waals surface area contributed by atoms with Crippen molar-refractivity contribution in [2.75, 3.05) is 32.1 Å². The van der Waals surface area contributed by atoms with Crippen LogP contribution in [0, 0.1) is 0 Å². The van der Waals surface area contributed by atoms with Crippen LogP contribution in [0.5, 0.6) is 0 Å². The molecular weight excluding hydrogens is 412 g/mol. The largest absolute Gasteiger partial charge is 0.453 e. The molecule has 2 aromatic heterocycles. The lowest BCUT2D eigenvalue weighted by Crippen LogP contribution is -2.41. The first kappa shape index (κ1) is 19.8. The van der Waals surface area contributed by atoms with Crippen molar-refractivity contribution in [3.63, 3.8) is 0 Å². The van der Waals surface area contributed by atoms with E-state index in [2.05, 4.69) is 22.3 Å². The molecule has 1 aliphatic rings. The second kappa shape index (κ2) is 8.95. The number of ether oxygens (including phenoxy) is 1. The average Bonchev–Trinajstić information content (AvgIpc) is 3.42. The fraction of sp³-hybridized carbons (Fsp3) is 0.261. The molecule has 0 aliphatic carbocycles. The van der Waals surface area contributed by atoms with Gasteiger partial charge in [-0.25, -0.2) is 0 Å². The van der Waals surface area contributed by atoms with E-state index >= 15 is 0 Å². The number of nitrogens with zero attached hydrogens (tertiary/aromatic N) is 4. The standard InChI is InChI=1S/C23H22N4O3S/c28-21(26-10-12-29-13-11-26)16-31-23-25-24-22(27(23)15-17-6-2-1-3-7-17)20-14-18-8-4-5-9-19(18)30-20/h1-9,14H,10-13,15-16H2. The maximum absolute atomic E-state index is 12.6. The number of fused-ring (bicyclic) bond motifs is 1. The molecule has 0 N–H and O–H groups in total. The number of carbonyl (C=O) groups excluding carboxylic acids is 1. The molecule has 31 heavy (non-hydrogen) atoms. The summed E-state index contributed by atoms with van der Waals surface area (Å²) in [4.78, 5) is 14.5. The summed E-state index contributed by atoms with van der Waals surface area (Å²) in [6.07, 6.45) is 0. The van der Waals surface area contributed by atoms with Gasteiger partial charge in [-0.1, -0.05) is 60.3 Å². The van der Waals surface area contributed by atoms with E-state index < -0.39 is 0 Å². The molecule has 0 atom stereocenters. The molecule has 1 saturated heterocycles. The number of aromatic nitrogens is 3. The van der Waals surface area contributed by atoms with Crippen molar-refractivity contribution in [2.45, 2.75) is 11.7 Å². The van der Waals surface area contributed by atoms with Gasteiger partial charge in [-0.05, 0) is 17.7 Å². The zero-order chi connectivity index (χ0) is 21.0. The monoisotopic (exact) mass is 434 g/mol. The van der Waals surface area contributed by atoms with Crippen LogP contribution in [0.3, 0.4) is 0 Å². The summed E-state index contributed by atoms with van der Waals surface area (Å²) in [5.41, 5.74) is 1.93. The second-order valence-corrected chi connectivity index (χ2v) is 8.25. The van der Waals surface area contributed by atoms with Crippen molar-refractivity contribution in [2.24, 2.45) is 0 Å². The van der Waals surface area contributed by atoms with Crippen LogP contribution in [0.1, 0.15) is 5.56 Å². The van der Waals surface area contributed by atoms with Gasteiger partial charge < -0.3 is 14.1 Å². The molecule has 0 unspecified atom stereocenters. The maximum Gasteiger partial charge on any atom is 0.233 e. The predicted molar refractivity (Wildman–Crippen MR) is 119 cm³/mol. The Morgan fingerprint density at radius 1 is 1.00 bits per heavy atom. The lowest BCUT2D eigenvalue weighted by Gasteiger charge is -2.26. The van der Waals surface area contributed by atoms with E-state index in [1.807, 2.05) is 58.0 Å². The topological polar surface area (TPSA) is 73.4 Å². The van der Waals surface area contributed by atoms with Gasteiger partial charge in [-0.3, -0.25) is 9.36 Å². The van der Waals surface area contributed by atoms with Crippen LogP contribution < -0.4 is 0 Å². The molecule has 5 rings (SSSR count). The smallest absolute Gasteiger partial charge is 0.233 e. The Hall–Kier alpha value is -3.10. The Labute approximate surface area is 184 Å². The van der Waals surface area contributed by atoms with Crippen LogP contribution in [-0.4, -0.2) is 57.6 Å². The van der Waals surface area contributed by atoms with Crippen LogP contribution in [0.4, 0.5) is 0 Å². The number of hydrogen-bond donors (Lipinski definition) is 0. The zero-order valence-corrected chi connectivity index (χ0v) is 17.8. The molecule has 8 heteroatoms. The summed E-state index contributed by atoms with van der Waals surface area (Å²) >= 11 is 1.41. The highest BCUT2D eigenvalue weighted by atomic mass is 32.2. The number of hydrogen-bond acceptors (Lipinski definition) is 6. The third kappa shape index (κ3) is 4.35. The van der Waals surface area contributed by atoms with Crippen molar-refractivity contribution < 1.29 is 13.9 Å². The van der Waals surface area contributed by atoms with Gasteiger partial charge in [0.15, 0.2) is 10.9 Å². The molecule has 1 amide bonds. The van der Waals surface area contributed by atoms with Gasteiger partial charge in [-0.15, -0.1) is 10.2 Å². The third-order valence-electron chi connectivity index (χ3n) is 5.23. The van der Waals surface area contributed by atoms with Gasteiger partial charge in [0.1, 0.15) is 5.58 Å². The summed E-state index contributed by atoms with van der Waals surface area (Å²) < 4.78 is 13.4. The summed E-state index contributed by atoms with van der Waals surface area (Å²) in [5, 5.41) is 10.5. The van der Waals surface area contributed by atoms with E-state index in [0.717, 1.165) is 16.5 Å². The number of amides is 1. The molecule has 0 spiro atoms. The van der Waals surface area contributed by atoms with Crippen LogP contribution in [0.25, 0.3) is 22.6 Å². The fourth-order valence-electron chi connectivity index (χ4n) is 3.61. The van der Waals surface area contributed by atoms with Crippen molar-refractivity contribution in [3.05, 3.63) is 66.2 Å². The van der Waals surface area contributed by atoms with Crippen LogP contribution >= 0.6 is 11.8 Å². The summed E-state index contributed by atoms with van der Waals surface area (Å²) in [6, 6.07) is 20.0. The molecule has 3 heterocycles. The highest BCUT2D eigenvalue weighted by Gasteiger charge is 2.21. The summed E-state index contributed by atoms with van der Waals surface area (Å²) in [6.45, 7) is 3.06. The van der Waals surface area contributed by atoms with Crippen molar-refractivity contribution in [1.82, 2.24) is 19.7 Å². The second-order valence-electron chi connectivity index (χ2n) is 7.31. The molecule has 1 fully saturated rings. The Balaban J connectivity index is 1.43. The van der Waals surface area contributed by atoms with Gasteiger partial charge in [0.25, 0.3) is 0 Å². The predicted octanol–water partition coefficient (Wildman–Crippen LogP) is 3.69. The van der Waals surface area contributed by atoms with Gasteiger partial charge in [0, 0.05) is 18.5 Å². The first-order valence-corrected chi connectivity index (χ1v) is 11.2. The lowest BCUT2D eigenvalue weighted by molar-refractivity contribution is -0.132. The molecule has 1 aliphatic heterocycles. The van der Waals surface area contributed by atoms with Crippen molar-refractivity contribution >= 4 is 28.6 Å². The normalized spacial score (nSPS) is 14.3. The number of carbonyl (C=O) groups is 1. The molecule has 4 aromatic rings. The molecular formula is C23H22N4O3S. The first-order chi connectivity index (χ1) is 15.3. The van der Waals surface area contributed by atoms with Crippen LogP contribution in [0.15, 0.2) is 70.2 Å². The van der Waals surface area contributed by atoms with E-state index in [-0.39, 0.29) is 5.91 Å². The Bertz CT molecular complexity index is 1150. The molecule has 0 radical (unpaired) electrons. The van der Waals surface area contributed by atoms with Gasteiger partial charge >= 0.3 is 0 Å². The number of furan rings is 1. The lowest BCUT2D eigenvalue weighted by atomic mass is 10.2. The van der Waals surface area contributed by atoms with Gasteiger partial charge in [0.05, 0.1) is 25.5 Å². The molecule has 0 bridgehead atoms. The average molecular weight is 435 g/mol. The Kier molecular flexibility index (Phi) is 5.73. The zero-order valence-electron chi connectivity index (χ0n) is 16.9. The number of thioether (sulfide) groups is 1. The Morgan fingerprint density at radius 2 is 1.77 bits per heavy atom. The van der Waals surface area contributed by atoms with E-state index in [9.17, 15) is 4.79 Å². The first-order valence-electron chi connectivity index (χ1n) is 10.2. The van der Waals surface area contributed by atoms with E-state index in [0.29, 0.717) is 55.3 Å². The molecule has 7 nitrogen and oxygen atoms in total. The number of benzene rings is 2. The maximum atomic E-state index is 12.6. The van der Waals surface area contributed by atoms with Crippen LogP contribution in [-0.2, 0) is 16.1 Å². The summed E-state index contributed by atoms with van der Waals surface area (Å²) in [5.74, 6) is 1.72. The van der Waals surface area contributed by atoms with Gasteiger partial charge in [-0.2, -0.15) is 0 Å². The highest BCUT2D eigenvalue weighted by Crippen LogP contribution is 2.30. The van der Waals surface area contributed by atoms with Gasteiger partial charge in [0.2, 0.25) is 11.7 Å². The molecule has 2 aromatic carbocycles. The van der Waals surface area contributed by atoms with Crippen LogP contribution in [0.2, 0.25) is 0 Å². The van der Waals surface area contributed by atoms with Crippen molar-refractivity contribution in [1.29, 1.82) is 0 Å². The minimum atomic E-state index is 0.0906. The number of para-hydroxylation sites is 1. The fourth-order valence-corrected chi connectivity index (χ4v) is 4.45. The number of rotatable bonds is 6. The Morgan fingerprint density at radius 3 is 2.58 bits per heavy atom. The number of morpholine rings is 1. The minimum absolute atomic E-state index is 0.0906. The highest BCUT2D eigenvalue weighted by molar-refractivity contribution is 7.99.